The first kappa shape index (κ1) is 21.9. The monoisotopic (exact) mass is 429 g/mol. The molecule has 2 heterocycles. The van der Waals surface area contributed by atoms with Gasteiger partial charge in [0.1, 0.15) is 0 Å². The normalized spacial score (nSPS) is 11.8. The first-order chi connectivity index (χ1) is 14.0. The summed E-state index contributed by atoms with van der Waals surface area (Å²) in [5.41, 5.74) is 0.539. The summed E-state index contributed by atoms with van der Waals surface area (Å²) in [5.74, 6) is 0.153. The minimum absolute atomic E-state index is 0.0230. The second-order valence-corrected chi connectivity index (χ2v) is 9.20. The Labute approximate surface area is 179 Å². The molecule has 1 amide bonds. The van der Waals surface area contributed by atoms with Gasteiger partial charge >= 0.3 is 5.69 Å². The van der Waals surface area contributed by atoms with Crippen molar-refractivity contribution in [3.05, 3.63) is 56.7 Å². The van der Waals surface area contributed by atoms with E-state index in [4.69, 9.17) is 0 Å². The summed E-state index contributed by atoms with van der Waals surface area (Å²) >= 11 is 1.26. The van der Waals surface area contributed by atoms with E-state index in [9.17, 15) is 14.4 Å². The Bertz CT molecular complexity index is 1200. The van der Waals surface area contributed by atoms with Gasteiger partial charge in [-0.2, -0.15) is 0 Å². The molecule has 0 atom stereocenters. The SMILES string of the molecule is Cn1c(=O)c2c(nc(SCC(=O)N(Cc3ccccc3)C(C)(C)C)n2C)n(C)c1=O. The van der Waals surface area contributed by atoms with Crippen molar-refractivity contribution in [2.45, 2.75) is 38.0 Å². The quantitative estimate of drug-likeness (QED) is 0.579. The third-order valence-corrected chi connectivity index (χ3v) is 6.07. The van der Waals surface area contributed by atoms with E-state index < -0.39 is 11.2 Å². The molecule has 3 rings (SSSR count). The molecule has 8 nitrogen and oxygen atoms in total. The number of carbonyl (C=O) groups is 1. The van der Waals surface area contributed by atoms with E-state index in [2.05, 4.69) is 4.98 Å². The number of carbonyl (C=O) groups excluding carboxylic acids is 1. The van der Waals surface area contributed by atoms with Crippen LogP contribution in [-0.4, -0.2) is 40.8 Å². The lowest BCUT2D eigenvalue weighted by Crippen LogP contribution is -2.45. The number of thioether (sulfide) groups is 1. The number of hydrogen-bond acceptors (Lipinski definition) is 5. The fourth-order valence-electron chi connectivity index (χ4n) is 3.30. The molecular formula is C21H27N5O3S. The van der Waals surface area contributed by atoms with Crippen LogP contribution in [0.4, 0.5) is 0 Å². The Balaban J connectivity index is 1.87. The van der Waals surface area contributed by atoms with Gasteiger partial charge in [0, 0.05) is 33.2 Å². The molecule has 1 aromatic carbocycles. The number of nitrogens with zero attached hydrogens (tertiary/aromatic N) is 5. The number of fused-ring (bicyclic) bond motifs is 1. The van der Waals surface area contributed by atoms with Gasteiger partial charge in [0.2, 0.25) is 5.91 Å². The molecular weight excluding hydrogens is 402 g/mol. The van der Waals surface area contributed by atoms with Crippen LogP contribution in [0.5, 0.6) is 0 Å². The molecule has 2 aromatic heterocycles. The second kappa shape index (κ2) is 8.14. The molecule has 0 aliphatic carbocycles. The molecule has 30 heavy (non-hydrogen) atoms. The van der Waals surface area contributed by atoms with Gasteiger partial charge in [0.15, 0.2) is 16.3 Å². The molecule has 0 saturated heterocycles. The number of aryl methyl sites for hydroxylation is 2. The van der Waals surface area contributed by atoms with Gasteiger partial charge in [-0.3, -0.25) is 18.7 Å². The first-order valence-electron chi connectivity index (χ1n) is 9.62. The van der Waals surface area contributed by atoms with E-state index in [1.165, 1.54) is 23.4 Å². The maximum atomic E-state index is 13.1. The van der Waals surface area contributed by atoms with Crippen molar-refractivity contribution in [2.24, 2.45) is 21.1 Å². The zero-order valence-electron chi connectivity index (χ0n) is 18.2. The van der Waals surface area contributed by atoms with Crippen LogP contribution in [0.1, 0.15) is 26.3 Å². The fourth-order valence-corrected chi connectivity index (χ4v) is 4.14. The summed E-state index contributed by atoms with van der Waals surface area (Å²) in [5, 5.41) is 0.519. The third kappa shape index (κ3) is 4.07. The molecule has 0 unspecified atom stereocenters. The largest absolute Gasteiger partial charge is 0.333 e. The van der Waals surface area contributed by atoms with Crippen molar-refractivity contribution in [2.75, 3.05) is 5.75 Å². The van der Waals surface area contributed by atoms with Crippen LogP contribution in [-0.2, 0) is 32.5 Å². The zero-order valence-corrected chi connectivity index (χ0v) is 19.0. The van der Waals surface area contributed by atoms with Crippen molar-refractivity contribution in [1.82, 2.24) is 23.6 Å². The Morgan fingerprint density at radius 3 is 2.27 bits per heavy atom. The number of benzene rings is 1. The fraction of sp³-hybridized carbons (Fsp3) is 0.429. The molecule has 3 aromatic rings. The summed E-state index contributed by atoms with van der Waals surface area (Å²) in [6.07, 6.45) is 0. The topological polar surface area (TPSA) is 82.1 Å². The van der Waals surface area contributed by atoms with Crippen LogP contribution in [0.15, 0.2) is 45.1 Å². The summed E-state index contributed by atoms with van der Waals surface area (Å²) in [4.78, 5) is 44.1. The molecule has 0 radical (unpaired) electrons. The smallest absolute Gasteiger partial charge is 0.332 e. The van der Waals surface area contributed by atoms with Crippen LogP contribution in [0.25, 0.3) is 11.2 Å². The Kier molecular flexibility index (Phi) is 5.94. The highest BCUT2D eigenvalue weighted by atomic mass is 32.2. The van der Waals surface area contributed by atoms with E-state index in [0.29, 0.717) is 22.9 Å². The van der Waals surface area contributed by atoms with Crippen molar-refractivity contribution < 1.29 is 4.79 Å². The van der Waals surface area contributed by atoms with Crippen LogP contribution in [0.2, 0.25) is 0 Å². The average molecular weight is 430 g/mol. The van der Waals surface area contributed by atoms with Crippen molar-refractivity contribution in [3.63, 3.8) is 0 Å². The average Bonchev–Trinajstić information content (AvgIpc) is 3.03. The summed E-state index contributed by atoms with van der Waals surface area (Å²) in [7, 11) is 4.75. The molecule has 0 bridgehead atoms. The Morgan fingerprint density at radius 1 is 1.03 bits per heavy atom. The highest BCUT2D eigenvalue weighted by Gasteiger charge is 2.27. The van der Waals surface area contributed by atoms with Gasteiger partial charge in [-0.25, -0.2) is 9.78 Å². The van der Waals surface area contributed by atoms with E-state index in [1.807, 2.05) is 56.0 Å². The molecule has 160 valence electrons. The number of aromatic nitrogens is 4. The van der Waals surface area contributed by atoms with E-state index in [-0.39, 0.29) is 17.2 Å². The van der Waals surface area contributed by atoms with Crippen molar-refractivity contribution in [1.29, 1.82) is 0 Å². The standard InChI is InChI=1S/C21H27N5O3S/c1-21(2,3)26(12-14-10-8-7-9-11-14)15(27)13-30-19-22-17-16(23(19)4)18(28)25(6)20(29)24(17)5/h7-11H,12-13H2,1-6H3. The maximum absolute atomic E-state index is 13.1. The number of hydrogen-bond donors (Lipinski definition) is 0. The Morgan fingerprint density at radius 2 is 1.67 bits per heavy atom. The second-order valence-electron chi connectivity index (χ2n) is 8.26. The van der Waals surface area contributed by atoms with E-state index >= 15 is 0 Å². The number of imidazole rings is 1. The molecule has 0 aliphatic heterocycles. The lowest BCUT2D eigenvalue weighted by Gasteiger charge is -2.36. The minimum atomic E-state index is -0.431. The van der Waals surface area contributed by atoms with Gasteiger partial charge in [-0.15, -0.1) is 0 Å². The lowest BCUT2D eigenvalue weighted by molar-refractivity contribution is -0.133. The predicted molar refractivity (Wildman–Crippen MR) is 119 cm³/mol. The highest BCUT2D eigenvalue weighted by Crippen LogP contribution is 2.23. The summed E-state index contributed by atoms with van der Waals surface area (Å²) < 4.78 is 4.05. The van der Waals surface area contributed by atoms with Gasteiger partial charge in [-0.05, 0) is 26.3 Å². The summed E-state index contributed by atoms with van der Waals surface area (Å²) in [6.45, 7) is 6.54. The van der Waals surface area contributed by atoms with Gasteiger partial charge < -0.3 is 9.47 Å². The van der Waals surface area contributed by atoms with Crippen molar-refractivity contribution in [3.8, 4) is 0 Å². The van der Waals surface area contributed by atoms with Gasteiger partial charge in [0.05, 0.1) is 5.75 Å². The molecule has 9 heteroatoms. The Hall–Kier alpha value is -2.81. The zero-order chi connectivity index (χ0) is 22.2. The minimum Gasteiger partial charge on any atom is -0.333 e. The van der Waals surface area contributed by atoms with Gasteiger partial charge in [-0.1, -0.05) is 42.1 Å². The van der Waals surface area contributed by atoms with Crippen LogP contribution in [0.3, 0.4) is 0 Å². The number of rotatable bonds is 5. The number of amides is 1. The van der Waals surface area contributed by atoms with Crippen LogP contribution < -0.4 is 11.2 Å². The molecule has 0 spiro atoms. The molecule has 0 N–H and O–H groups in total. The van der Waals surface area contributed by atoms with E-state index in [0.717, 1.165) is 10.1 Å². The third-order valence-electron chi connectivity index (χ3n) is 5.05. The lowest BCUT2D eigenvalue weighted by atomic mass is 10.0. The first-order valence-corrected chi connectivity index (χ1v) is 10.6. The molecule has 0 fully saturated rings. The van der Waals surface area contributed by atoms with E-state index in [1.54, 1.807) is 18.7 Å². The van der Waals surface area contributed by atoms with Crippen LogP contribution >= 0.6 is 11.8 Å². The van der Waals surface area contributed by atoms with Crippen molar-refractivity contribution >= 4 is 28.8 Å². The molecule has 0 aliphatic rings. The highest BCUT2D eigenvalue weighted by molar-refractivity contribution is 7.99. The summed E-state index contributed by atoms with van der Waals surface area (Å²) in [6, 6.07) is 9.87. The predicted octanol–water partition coefficient (Wildman–Crippen LogP) is 1.89. The van der Waals surface area contributed by atoms with Gasteiger partial charge in [0.25, 0.3) is 5.56 Å². The van der Waals surface area contributed by atoms with Crippen LogP contribution in [0, 0.1) is 0 Å². The molecule has 0 saturated carbocycles. The maximum Gasteiger partial charge on any atom is 0.332 e.